The molecule has 1 aliphatic heterocycles. The first kappa shape index (κ1) is 15.1. The van der Waals surface area contributed by atoms with Gasteiger partial charge in [0.15, 0.2) is 11.5 Å². The van der Waals surface area contributed by atoms with Gasteiger partial charge < -0.3 is 24.6 Å². The molecule has 0 radical (unpaired) electrons. The second-order valence-corrected chi connectivity index (χ2v) is 4.90. The topological polar surface area (TPSA) is 89.9 Å². The molecule has 0 aliphatic carbocycles. The standard InChI is InChI=1S/C16H16N2O5/c19-11(8-18-16(20)13-3-1-2-6-17-13)9-21-12-4-5-14-15(7-12)23-10-22-14/h1-7,11,19H,8-10H2,(H,18,20)/t11-/m1/s1. The first-order chi connectivity index (χ1) is 11.2. The van der Waals surface area contributed by atoms with Crippen LogP contribution in [0.25, 0.3) is 0 Å². The lowest BCUT2D eigenvalue weighted by atomic mass is 10.3. The van der Waals surface area contributed by atoms with Gasteiger partial charge in [0.25, 0.3) is 5.91 Å². The van der Waals surface area contributed by atoms with Crippen LogP contribution in [0.2, 0.25) is 0 Å². The van der Waals surface area contributed by atoms with Crippen molar-refractivity contribution in [1.29, 1.82) is 0 Å². The zero-order valence-corrected chi connectivity index (χ0v) is 12.3. The van der Waals surface area contributed by atoms with Crippen molar-refractivity contribution in [2.75, 3.05) is 19.9 Å². The molecule has 0 spiro atoms. The Morgan fingerprint density at radius 3 is 3.00 bits per heavy atom. The van der Waals surface area contributed by atoms with Gasteiger partial charge in [0, 0.05) is 18.8 Å². The molecule has 1 aliphatic rings. The molecule has 2 heterocycles. The van der Waals surface area contributed by atoms with E-state index in [2.05, 4.69) is 10.3 Å². The Balaban J connectivity index is 1.44. The van der Waals surface area contributed by atoms with Crippen LogP contribution >= 0.6 is 0 Å². The number of aromatic nitrogens is 1. The van der Waals surface area contributed by atoms with Crippen LogP contribution in [0, 0.1) is 0 Å². The summed E-state index contributed by atoms with van der Waals surface area (Å²) in [6.45, 7) is 0.309. The number of nitrogens with one attached hydrogen (secondary N) is 1. The Morgan fingerprint density at radius 2 is 2.17 bits per heavy atom. The molecule has 0 bridgehead atoms. The fourth-order valence-electron chi connectivity index (χ4n) is 2.02. The number of aliphatic hydroxyl groups excluding tert-OH is 1. The molecule has 7 nitrogen and oxygen atoms in total. The van der Waals surface area contributed by atoms with Gasteiger partial charge >= 0.3 is 0 Å². The lowest BCUT2D eigenvalue weighted by molar-refractivity contribution is 0.0839. The number of nitrogens with zero attached hydrogens (tertiary/aromatic N) is 1. The van der Waals surface area contributed by atoms with E-state index in [1.54, 1.807) is 36.4 Å². The van der Waals surface area contributed by atoms with E-state index >= 15 is 0 Å². The van der Waals surface area contributed by atoms with Gasteiger partial charge in [-0.2, -0.15) is 0 Å². The molecule has 0 saturated carbocycles. The summed E-state index contributed by atoms with van der Waals surface area (Å²) in [5.74, 6) is 1.50. The van der Waals surface area contributed by atoms with Crippen LogP contribution in [0.4, 0.5) is 0 Å². The van der Waals surface area contributed by atoms with Crippen molar-refractivity contribution in [1.82, 2.24) is 10.3 Å². The van der Waals surface area contributed by atoms with Crippen molar-refractivity contribution in [3.63, 3.8) is 0 Å². The molecule has 120 valence electrons. The predicted octanol–water partition coefficient (Wildman–Crippen LogP) is 0.980. The van der Waals surface area contributed by atoms with Crippen LogP contribution in [0.3, 0.4) is 0 Å². The molecule has 1 aromatic heterocycles. The molecule has 23 heavy (non-hydrogen) atoms. The van der Waals surface area contributed by atoms with Gasteiger partial charge in [-0.05, 0) is 24.3 Å². The molecule has 2 N–H and O–H groups in total. The molecule has 1 atom stereocenters. The van der Waals surface area contributed by atoms with Crippen molar-refractivity contribution in [3.8, 4) is 17.2 Å². The zero-order valence-electron chi connectivity index (χ0n) is 12.3. The summed E-state index contributed by atoms with van der Waals surface area (Å²) in [7, 11) is 0. The first-order valence-electron chi connectivity index (χ1n) is 7.12. The summed E-state index contributed by atoms with van der Waals surface area (Å²) in [6, 6.07) is 10.2. The number of aliphatic hydroxyl groups is 1. The third-order valence-electron chi connectivity index (χ3n) is 3.18. The average molecular weight is 316 g/mol. The Morgan fingerprint density at radius 1 is 1.30 bits per heavy atom. The minimum atomic E-state index is -0.840. The number of benzene rings is 1. The third-order valence-corrected chi connectivity index (χ3v) is 3.18. The molecular formula is C16H16N2O5. The predicted molar refractivity (Wildman–Crippen MR) is 80.6 cm³/mol. The lowest BCUT2D eigenvalue weighted by Crippen LogP contribution is -2.35. The van der Waals surface area contributed by atoms with Crippen LogP contribution in [-0.2, 0) is 0 Å². The van der Waals surface area contributed by atoms with Gasteiger partial charge in [-0.25, -0.2) is 0 Å². The lowest BCUT2D eigenvalue weighted by Gasteiger charge is -2.13. The maximum Gasteiger partial charge on any atom is 0.269 e. The van der Waals surface area contributed by atoms with E-state index in [1.807, 2.05) is 0 Å². The highest BCUT2D eigenvalue weighted by Gasteiger charge is 2.15. The maximum atomic E-state index is 11.8. The molecule has 2 aromatic rings. The van der Waals surface area contributed by atoms with Crippen LogP contribution in [-0.4, -0.2) is 42.0 Å². The van der Waals surface area contributed by atoms with Gasteiger partial charge in [-0.1, -0.05) is 6.07 Å². The molecule has 0 unspecified atom stereocenters. The van der Waals surface area contributed by atoms with E-state index in [-0.39, 0.29) is 25.9 Å². The summed E-state index contributed by atoms with van der Waals surface area (Å²) in [6.07, 6.45) is 0.696. The summed E-state index contributed by atoms with van der Waals surface area (Å²) >= 11 is 0. The van der Waals surface area contributed by atoms with Crippen LogP contribution in [0.15, 0.2) is 42.6 Å². The van der Waals surface area contributed by atoms with E-state index in [1.165, 1.54) is 6.20 Å². The number of rotatable bonds is 6. The van der Waals surface area contributed by atoms with E-state index < -0.39 is 6.10 Å². The van der Waals surface area contributed by atoms with Crippen LogP contribution in [0.5, 0.6) is 17.2 Å². The number of hydrogen-bond acceptors (Lipinski definition) is 6. The first-order valence-corrected chi connectivity index (χ1v) is 7.12. The summed E-state index contributed by atoms with van der Waals surface area (Å²) in [5.41, 5.74) is 0.302. The Labute approximate surface area is 132 Å². The van der Waals surface area contributed by atoms with E-state index in [0.29, 0.717) is 22.9 Å². The number of pyridine rings is 1. The van der Waals surface area contributed by atoms with Gasteiger partial charge in [0.2, 0.25) is 6.79 Å². The van der Waals surface area contributed by atoms with Crippen molar-refractivity contribution >= 4 is 5.91 Å². The fraction of sp³-hybridized carbons (Fsp3) is 0.250. The Kier molecular flexibility index (Phi) is 4.58. The van der Waals surface area contributed by atoms with Gasteiger partial charge in [0.1, 0.15) is 24.2 Å². The smallest absolute Gasteiger partial charge is 0.269 e. The number of fused-ring (bicyclic) bond motifs is 1. The summed E-state index contributed by atoms with van der Waals surface area (Å²) < 4.78 is 15.9. The Hall–Kier alpha value is -2.80. The van der Waals surface area contributed by atoms with Crippen LogP contribution < -0.4 is 19.5 Å². The zero-order chi connectivity index (χ0) is 16.1. The number of carbonyl (C=O) groups excluding carboxylic acids is 1. The van der Waals surface area contributed by atoms with E-state index in [0.717, 1.165) is 0 Å². The highest BCUT2D eigenvalue weighted by atomic mass is 16.7. The highest BCUT2D eigenvalue weighted by Crippen LogP contribution is 2.35. The van der Waals surface area contributed by atoms with Crippen molar-refractivity contribution in [2.24, 2.45) is 0 Å². The molecular weight excluding hydrogens is 300 g/mol. The normalized spacial score (nSPS) is 13.4. The highest BCUT2D eigenvalue weighted by molar-refractivity contribution is 5.92. The molecule has 0 fully saturated rings. The van der Waals surface area contributed by atoms with Crippen LogP contribution in [0.1, 0.15) is 10.5 Å². The molecule has 3 rings (SSSR count). The van der Waals surface area contributed by atoms with Gasteiger partial charge in [-0.15, -0.1) is 0 Å². The fourth-order valence-corrected chi connectivity index (χ4v) is 2.02. The number of hydrogen-bond donors (Lipinski definition) is 2. The third kappa shape index (κ3) is 3.89. The summed E-state index contributed by atoms with van der Waals surface area (Å²) in [4.78, 5) is 15.7. The average Bonchev–Trinajstić information content (AvgIpc) is 3.06. The van der Waals surface area contributed by atoms with E-state index in [9.17, 15) is 9.90 Å². The second kappa shape index (κ2) is 6.97. The number of carbonyl (C=O) groups is 1. The molecule has 0 saturated heterocycles. The molecule has 1 aromatic carbocycles. The van der Waals surface area contributed by atoms with Crippen molar-refractivity contribution < 1.29 is 24.1 Å². The number of ether oxygens (including phenoxy) is 3. The minimum absolute atomic E-state index is 0.0438. The monoisotopic (exact) mass is 316 g/mol. The summed E-state index contributed by atoms with van der Waals surface area (Å²) in [5, 5.41) is 12.5. The maximum absolute atomic E-state index is 11.8. The quantitative estimate of drug-likeness (QED) is 0.826. The largest absolute Gasteiger partial charge is 0.491 e. The molecule has 1 amide bonds. The SMILES string of the molecule is O=C(NC[C@@H](O)COc1ccc2c(c1)OCO2)c1ccccn1. The second-order valence-electron chi connectivity index (χ2n) is 4.90. The van der Waals surface area contributed by atoms with Crippen molar-refractivity contribution in [2.45, 2.75) is 6.10 Å². The van der Waals surface area contributed by atoms with Gasteiger partial charge in [-0.3, -0.25) is 9.78 Å². The molecule has 7 heteroatoms. The van der Waals surface area contributed by atoms with E-state index in [4.69, 9.17) is 14.2 Å². The van der Waals surface area contributed by atoms with Crippen molar-refractivity contribution in [3.05, 3.63) is 48.3 Å². The number of amides is 1. The Bertz CT molecular complexity index is 677. The minimum Gasteiger partial charge on any atom is -0.491 e. The van der Waals surface area contributed by atoms with Gasteiger partial charge in [0.05, 0.1) is 0 Å².